The topological polar surface area (TPSA) is 75.5 Å². The van der Waals surface area contributed by atoms with Gasteiger partial charge in [0.25, 0.3) is 5.56 Å². The fourth-order valence-corrected chi connectivity index (χ4v) is 2.93. The van der Waals surface area contributed by atoms with Crippen molar-refractivity contribution in [3.63, 3.8) is 0 Å². The van der Waals surface area contributed by atoms with Crippen molar-refractivity contribution < 1.29 is 14.1 Å². The number of ether oxygens (including phenoxy) is 1. The van der Waals surface area contributed by atoms with Gasteiger partial charge in [0.1, 0.15) is 5.76 Å². The number of nitrogens with zero attached hydrogens (tertiary/aromatic N) is 1. The smallest absolute Gasteiger partial charge is 0.409 e. The zero-order chi connectivity index (χ0) is 14.7. The summed E-state index contributed by atoms with van der Waals surface area (Å²) in [4.78, 5) is 24.8. The van der Waals surface area contributed by atoms with Crippen LogP contribution in [0, 0.1) is 5.92 Å². The SMILES string of the molecule is COC(=O)N1CC[C@@H](c2cc(=O)[nH]o2)C[C@@H]1CC(C)C. The van der Waals surface area contributed by atoms with Crippen molar-refractivity contribution in [3.8, 4) is 0 Å². The Hall–Kier alpha value is -1.72. The van der Waals surface area contributed by atoms with Crippen LogP contribution in [0.2, 0.25) is 0 Å². The normalized spacial score (nSPS) is 23.1. The second-order valence-electron chi connectivity index (χ2n) is 5.78. The summed E-state index contributed by atoms with van der Waals surface area (Å²) in [5.41, 5.74) is -0.212. The van der Waals surface area contributed by atoms with E-state index in [0.717, 1.165) is 19.3 Å². The highest BCUT2D eigenvalue weighted by Gasteiger charge is 2.34. The minimum Gasteiger partial charge on any atom is -0.453 e. The predicted molar refractivity (Wildman–Crippen MR) is 73.7 cm³/mol. The monoisotopic (exact) mass is 282 g/mol. The molecular weight excluding hydrogens is 260 g/mol. The summed E-state index contributed by atoms with van der Waals surface area (Å²) in [6, 6.07) is 1.63. The number of hydrogen-bond donors (Lipinski definition) is 1. The van der Waals surface area contributed by atoms with Crippen molar-refractivity contribution >= 4 is 6.09 Å². The van der Waals surface area contributed by atoms with Gasteiger partial charge in [0.2, 0.25) is 0 Å². The Morgan fingerprint density at radius 3 is 2.90 bits per heavy atom. The molecule has 1 fully saturated rings. The molecule has 0 radical (unpaired) electrons. The van der Waals surface area contributed by atoms with Gasteiger partial charge >= 0.3 is 6.09 Å². The number of rotatable bonds is 3. The van der Waals surface area contributed by atoms with Crippen molar-refractivity contribution in [2.24, 2.45) is 5.92 Å². The van der Waals surface area contributed by atoms with Gasteiger partial charge in [-0.2, -0.15) is 5.16 Å². The summed E-state index contributed by atoms with van der Waals surface area (Å²) in [6.07, 6.45) is 2.23. The molecule has 6 nitrogen and oxygen atoms in total. The van der Waals surface area contributed by atoms with Crippen LogP contribution in [0.4, 0.5) is 4.79 Å². The van der Waals surface area contributed by atoms with Crippen LogP contribution in [0.15, 0.2) is 15.4 Å². The first-order valence-electron chi connectivity index (χ1n) is 7.04. The summed E-state index contributed by atoms with van der Waals surface area (Å²) >= 11 is 0. The van der Waals surface area contributed by atoms with Crippen molar-refractivity contribution in [2.45, 2.75) is 45.1 Å². The fourth-order valence-electron chi connectivity index (χ4n) is 2.93. The predicted octanol–water partition coefficient (Wildman–Crippen LogP) is 2.33. The Morgan fingerprint density at radius 1 is 1.60 bits per heavy atom. The van der Waals surface area contributed by atoms with E-state index in [-0.39, 0.29) is 23.6 Å². The zero-order valence-electron chi connectivity index (χ0n) is 12.2. The van der Waals surface area contributed by atoms with Crippen LogP contribution in [0.1, 0.15) is 44.8 Å². The molecule has 1 N–H and O–H groups in total. The van der Waals surface area contributed by atoms with Crippen LogP contribution in [0.5, 0.6) is 0 Å². The van der Waals surface area contributed by atoms with E-state index in [1.165, 1.54) is 13.2 Å². The van der Waals surface area contributed by atoms with Crippen LogP contribution >= 0.6 is 0 Å². The number of methoxy groups -OCH3 is 1. The van der Waals surface area contributed by atoms with Gasteiger partial charge in [-0.05, 0) is 25.2 Å². The molecule has 1 aromatic rings. The Morgan fingerprint density at radius 2 is 2.35 bits per heavy atom. The number of hydrogen-bond acceptors (Lipinski definition) is 4. The van der Waals surface area contributed by atoms with Gasteiger partial charge < -0.3 is 14.2 Å². The molecule has 6 heteroatoms. The maximum atomic E-state index is 11.8. The lowest BCUT2D eigenvalue weighted by Gasteiger charge is -2.38. The molecule has 0 aromatic carbocycles. The lowest BCUT2D eigenvalue weighted by molar-refractivity contribution is 0.0747. The number of aromatic nitrogens is 1. The van der Waals surface area contributed by atoms with E-state index in [9.17, 15) is 9.59 Å². The van der Waals surface area contributed by atoms with Crippen molar-refractivity contribution in [2.75, 3.05) is 13.7 Å². The van der Waals surface area contributed by atoms with Crippen LogP contribution in [0.3, 0.4) is 0 Å². The molecule has 0 bridgehead atoms. The fraction of sp³-hybridized carbons (Fsp3) is 0.714. The molecule has 1 aliphatic heterocycles. The number of aromatic amines is 1. The van der Waals surface area contributed by atoms with Gasteiger partial charge in [0.15, 0.2) is 0 Å². The second-order valence-corrected chi connectivity index (χ2v) is 5.78. The molecule has 1 saturated heterocycles. The van der Waals surface area contributed by atoms with Gasteiger partial charge in [-0.1, -0.05) is 13.8 Å². The quantitative estimate of drug-likeness (QED) is 0.923. The Labute approximate surface area is 118 Å². The number of carbonyl (C=O) groups excluding carboxylic acids is 1. The first kappa shape index (κ1) is 14.7. The van der Waals surface area contributed by atoms with E-state index >= 15 is 0 Å². The third-order valence-electron chi connectivity index (χ3n) is 3.81. The minimum absolute atomic E-state index is 0.126. The highest BCUT2D eigenvalue weighted by Crippen LogP contribution is 2.33. The third-order valence-corrected chi connectivity index (χ3v) is 3.81. The molecule has 0 unspecified atom stereocenters. The van der Waals surface area contributed by atoms with Crippen molar-refractivity contribution in [1.82, 2.24) is 10.1 Å². The van der Waals surface area contributed by atoms with Gasteiger partial charge in [-0.25, -0.2) is 4.79 Å². The van der Waals surface area contributed by atoms with E-state index in [1.54, 1.807) is 4.90 Å². The highest BCUT2D eigenvalue weighted by atomic mass is 16.5. The van der Waals surface area contributed by atoms with Crippen molar-refractivity contribution in [3.05, 3.63) is 22.2 Å². The summed E-state index contributed by atoms with van der Waals surface area (Å²) in [5, 5.41) is 2.33. The zero-order valence-corrected chi connectivity index (χ0v) is 12.2. The molecule has 2 heterocycles. The van der Waals surface area contributed by atoms with E-state index in [2.05, 4.69) is 19.0 Å². The molecule has 20 heavy (non-hydrogen) atoms. The molecule has 1 aromatic heterocycles. The first-order chi connectivity index (χ1) is 9.51. The number of nitrogens with one attached hydrogen (secondary N) is 1. The lowest BCUT2D eigenvalue weighted by Crippen LogP contribution is -2.46. The maximum Gasteiger partial charge on any atom is 0.409 e. The molecule has 112 valence electrons. The molecule has 0 aliphatic carbocycles. The summed E-state index contributed by atoms with van der Waals surface area (Å²) in [5.74, 6) is 1.36. The molecule has 2 atom stereocenters. The van der Waals surface area contributed by atoms with Crippen LogP contribution in [-0.2, 0) is 4.74 Å². The molecule has 1 aliphatic rings. The average molecular weight is 282 g/mol. The van der Waals surface area contributed by atoms with Gasteiger partial charge in [-0.3, -0.25) is 4.79 Å². The van der Waals surface area contributed by atoms with Gasteiger partial charge in [0.05, 0.1) is 7.11 Å². The maximum absolute atomic E-state index is 11.8. The molecule has 0 saturated carbocycles. The summed E-state index contributed by atoms with van der Waals surface area (Å²) in [6.45, 7) is 4.90. The first-order valence-corrected chi connectivity index (χ1v) is 7.04. The number of likely N-dealkylation sites (tertiary alicyclic amines) is 1. The highest BCUT2D eigenvalue weighted by molar-refractivity contribution is 5.68. The second kappa shape index (κ2) is 6.15. The van der Waals surface area contributed by atoms with Gasteiger partial charge in [0, 0.05) is 24.6 Å². The Kier molecular flexibility index (Phi) is 4.52. The standard InChI is InChI=1S/C14H22N2O4/c1-9(2)6-11-7-10(12-8-13(17)15-20-12)4-5-16(11)14(18)19-3/h8-11H,4-7H2,1-3H3,(H,15,17)/t10-,11+/m1/s1. The molecular formula is C14H22N2O4. The van der Waals surface area contributed by atoms with E-state index in [0.29, 0.717) is 18.2 Å². The minimum atomic E-state index is -0.273. The van der Waals surface area contributed by atoms with E-state index in [1.807, 2.05) is 0 Å². The third kappa shape index (κ3) is 3.23. The van der Waals surface area contributed by atoms with Crippen LogP contribution in [0.25, 0.3) is 0 Å². The number of carbonyl (C=O) groups is 1. The van der Waals surface area contributed by atoms with E-state index in [4.69, 9.17) is 9.26 Å². The number of piperidine rings is 1. The number of H-pyrrole nitrogens is 1. The van der Waals surface area contributed by atoms with Gasteiger partial charge in [-0.15, -0.1) is 0 Å². The van der Waals surface area contributed by atoms with Crippen LogP contribution in [-0.4, -0.2) is 35.8 Å². The van der Waals surface area contributed by atoms with Crippen molar-refractivity contribution in [1.29, 1.82) is 0 Å². The summed E-state index contributed by atoms with van der Waals surface area (Å²) < 4.78 is 10.1. The largest absolute Gasteiger partial charge is 0.453 e. The van der Waals surface area contributed by atoms with E-state index < -0.39 is 0 Å². The lowest BCUT2D eigenvalue weighted by atomic mass is 9.85. The Bertz CT molecular complexity index is 505. The number of amides is 1. The Balaban J connectivity index is 2.12. The summed E-state index contributed by atoms with van der Waals surface area (Å²) in [7, 11) is 1.41. The van der Waals surface area contributed by atoms with Crippen LogP contribution < -0.4 is 5.56 Å². The molecule has 2 rings (SSSR count). The molecule has 1 amide bonds. The average Bonchev–Trinajstić information content (AvgIpc) is 2.84. The molecule has 0 spiro atoms.